The first-order valence-electron chi connectivity index (χ1n) is 5.42. The molecule has 0 aromatic carbocycles. The number of hydrogen-bond acceptors (Lipinski definition) is 2. The molecular weight excluding hydrogens is 162 g/mol. The fourth-order valence-electron chi connectivity index (χ4n) is 1.25. The third kappa shape index (κ3) is 5.27. The molecule has 0 aromatic rings. The second-order valence-electron chi connectivity index (χ2n) is 4.39. The van der Waals surface area contributed by atoms with Crippen LogP contribution in [0.4, 0.5) is 0 Å². The molecule has 0 bridgehead atoms. The zero-order chi connectivity index (χ0) is 10.3. The summed E-state index contributed by atoms with van der Waals surface area (Å²) in [5.74, 6) is 0. The summed E-state index contributed by atoms with van der Waals surface area (Å²) in [6.07, 6.45) is 3.46. The Morgan fingerprint density at radius 2 is 2.00 bits per heavy atom. The number of aliphatic hydroxyl groups is 1. The summed E-state index contributed by atoms with van der Waals surface area (Å²) in [5, 5.41) is 12.7. The van der Waals surface area contributed by atoms with Crippen LogP contribution in [-0.4, -0.2) is 24.3 Å². The average molecular weight is 187 g/mol. The number of hydrogen-bond donors (Lipinski definition) is 2. The van der Waals surface area contributed by atoms with E-state index in [2.05, 4.69) is 33.0 Å². The van der Waals surface area contributed by atoms with E-state index in [1.807, 2.05) is 0 Å². The Labute approximate surface area is 82.7 Å². The summed E-state index contributed by atoms with van der Waals surface area (Å²) in [5.41, 5.74) is 0.0575. The van der Waals surface area contributed by atoms with E-state index in [-0.39, 0.29) is 12.0 Å². The molecule has 0 amide bonds. The minimum atomic E-state index is 0.0575. The summed E-state index contributed by atoms with van der Waals surface area (Å²) in [6, 6.07) is 0.572. The average Bonchev–Trinajstić information content (AvgIpc) is 2.15. The normalized spacial score (nSPS) is 18.2. The van der Waals surface area contributed by atoms with E-state index < -0.39 is 0 Å². The van der Waals surface area contributed by atoms with Crippen LogP contribution in [0.5, 0.6) is 0 Å². The SMILES string of the molecule is CCCC(C)NCC(C)(CC)CO. The van der Waals surface area contributed by atoms with Crippen molar-refractivity contribution >= 4 is 0 Å². The van der Waals surface area contributed by atoms with Gasteiger partial charge in [-0.25, -0.2) is 0 Å². The minimum Gasteiger partial charge on any atom is -0.396 e. The molecule has 13 heavy (non-hydrogen) atoms. The molecule has 0 aliphatic heterocycles. The molecular formula is C11H25NO. The van der Waals surface area contributed by atoms with E-state index in [0.717, 1.165) is 13.0 Å². The first-order chi connectivity index (χ1) is 6.08. The van der Waals surface area contributed by atoms with Crippen LogP contribution < -0.4 is 5.32 Å². The molecule has 2 N–H and O–H groups in total. The molecule has 0 saturated heterocycles. The van der Waals surface area contributed by atoms with Crippen LogP contribution in [-0.2, 0) is 0 Å². The van der Waals surface area contributed by atoms with Crippen molar-refractivity contribution in [1.29, 1.82) is 0 Å². The largest absolute Gasteiger partial charge is 0.396 e. The van der Waals surface area contributed by atoms with E-state index in [0.29, 0.717) is 6.04 Å². The molecule has 0 aliphatic carbocycles. The van der Waals surface area contributed by atoms with E-state index >= 15 is 0 Å². The van der Waals surface area contributed by atoms with Crippen LogP contribution >= 0.6 is 0 Å². The monoisotopic (exact) mass is 187 g/mol. The van der Waals surface area contributed by atoms with E-state index in [9.17, 15) is 5.11 Å². The Balaban J connectivity index is 3.71. The van der Waals surface area contributed by atoms with Gasteiger partial charge in [0, 0.05) is 24.6 Å². The molecule has 0 radical (unpaired) electrons. The van der Waals surface area contributed by atoms with Gasteiger partial charge in [-0.3, -0.25) is 0 Å². The Bertz CT molecular complexity index is 121. The molecule has 0 saturated carbocycles. The van der Waals surface area contributed by atoms with Crippen LogP contribution in [0.25, 0.3) is 0 Å². The summed E-state index contributed by atoms with van der Waals surface area (Å²) in [6.45, 7) is 9.84. The fraction of sp³-hybridized carbons (Fsp3) is 1.00. The third-order valence-electron chi connectivity index (χ3n) is 2.83. The summed E-state index contributed by atoms with van der Waals surface area (Å²) in [4.78, 5) is 0. The van der Waals surface area contributed by atoms with Crippen molar-refractivity contribution in [3.05, 3.63) is 0 Å². The van der Waals surface area contributed by atoms with Crippen molar-refractivity contribution < 1.29 is 5.11 Å². The van der Waals surface area contributed by atoms with Gasteiger partial charge in [-0.1, -0.05) is 27.2 Å². The Morgan fingerprint density at radius 3 is 2.38 bits per heavy atom. The standard InChI is InChI=1S/C11H25NO/c1-5-7-10(3)12-8-11(4,6-2)9-13/h10,12-13H,5-9H2,1-4H3. The summed E-state index contributed by atoms with van der Waals surface area (Å²) >= 11 is 0. The van der Waals surface area contributed by atoms with Gasteiger partial charge in [0.25, 0.3) is 0 Å². The zero-order valence-electron chi connectivity index (χ0n) is 9.56. The molecule has 0 heterocycles. The summed E-state index contributed by atoms with van der Waals surface area (Å²) < 4.78 is 0. The molecule has 0 fully saturated rings. The van der Waals surface area contributed by atoms with E-state index in [1.54, 1.807) is 0 Å². The molecule has 2 atom stereocenters. The van der Waals surface area contributed by atoms with Crippen molar-refractivity contribution in [1.82, 2.24) is 5.32 Å². The highest BCUT2D eigenvalue weighted by Crippen LogP contribution is 2.18. The minimum absolute atomic E-state index is 0.0575. The van der Waals surface area contributed by atoms with E-state index in [1.165, 1.54) is 12.8 Å². The molecule has 0 aromatic heterocycles. The second-order valence-corrected chi connectivity index (χ2v) is 4.39. The predicted octanol–water partition coefficient (Wildman–Crippen LogP) is 2.17. The van der Waals surface area contributed by atoms with Gasteiger partial charge < -0.3 is 10.4 Å². The molecule has 0 rings (SSSR count). The Morgan fingerprint density at radius 1 is 1.38 bits per heavy atom. The van der Waals surface area contributed by atoms with Crippen molar-refractivity contribution in [2.24, 2.45) is 5.41 Å². The quantitative estimate of drug-likeness (QED) is 0.640. The lowest BCUT2D eigenvalue weighted by molar-refractivity contribution is 0.132. The number of nitrogens with one attached hydrogen (secondary N) is 1. The van der Waals surface area contributed by atoms with Gasteiger partial charge in [0.2, 0.25) is 0 Å². The molecule has 2 heteroatoms. The lowest BCUT2D eigenvalue weighted by Gasteiger charge is -2.28. The highest BCUT2D eigenvalue weighted by molar-refractivity contribution is 4.75. The van der Waals surface area contributed by atoms with Gasteiger partial charge in [-0.2, -0.15) is 0 Å². The van der Waals surface area contributed by atoms with Crippen molar-refractivity contribution in [2.45, 2.75) is 53.0 Å². The number of rotatable bonds is 7. The van der Waals surface area contributed by atoms with E-state index in [4.69, 9.17) is 0 Å². The lowest BCUT2D eigenvalue weighted by atomic mass is 9.88. The molecule has 0 spiro atoms. The zero-order valence-corrected chi connectivity index (χ0v) is 9.56. The van der Waals surface area contributed by atoms with Gasteiger partial charge in [-0.05, 0) is 19.8 Å². The summed E-state index contributed by atoms with van der Waals surface area (Å²) in [7, 11) is 0. The second kappa shape index (κ2) is 6.39. The Kier molecular flexibility index (Phi) is 6.35. The maximum atomic E-state index is 9.19. The van der Waals surface area contributed by atoms with Crippen molar-refractivity contribution in [2.75, 3.05) is 13.2 Å². The molecule has 2 nitrogen and oxygen atoms in total. The van der Waals surface area contributed by atoms with Gasteiger partial charge in [0.15, 0.2) is 0 Å². The van der Waals surface area contributed by atoms with Gasteiger partial charge in [0.1, 0.15) is 0 Å². The van der Waals surface area contributed by atoms with Gasteiger partial charge in [0.05, 0.1) is 0 Å². The van der Waals surface area contributed by atoms with Crippen LogP contribution in [0.1, 0.15) is 47.0 Å². The van der Waals surface area contributed by atoms with Crippen molar-refractivity contribution in [3.63, 3.8) is 0 Å². The Hall–Kier alpha value is -0.0800. The maximum absolute atomic E-state index is 9.19. The molecule has 2 unspecified atom stereocenters. The smallest absolute Gasteiger partial charge is 0.0496 e. The predicted molar refractivity (Wildman–Crippen MR) is 57.9 cm³/mol. The maximum Gasteiger partial charge on any atom is 0.0496 e. The number of aliphatic hydroxyl groups excluding tert-OH is 1. The highest BCUT2D eigenvalue weighted by atomic mass is 16.3. The first kappa shape index (κ1) is 12.9. The fourth-order valence-corrected chi connectivity index (χ4v) is 1.25. The van der Waals surface area contributed by atoms with Crippen LogP contribution in [0, 0.1) is 5.41 Å². The molecule has 80 valence electrons. The van der Waals surface area contributed by atoms with Gasteiger partial charge >= 0.3 is 0 Å². The van der Waals surface area contributed by atoms with Crippen LogP contribution in [0.15, 0.2) is 0 Å². The van der Waals surface area contributed by atoms with Crippen LogP contribution in [0.3, 0.4) is 0 Å². The highest BCUT2D eigenvalue weighted by Gasteiger charge is 2.20. The van der Waals surface area contributed by atoms with Crippen LogP contribution in [0.2, 0.25) is 0 Å². The first-order valence-corrected chi connectivity index (χ1v) is 5.42. The topological polar surface area (TPSA) is 32.3 Å². The lowest BCUT2D eigenvalue weighted by Crippen LogP contribution is -2.38. The molecule has 0 aliphatic rings. The van der Waals surface area contributed by atoms with Crippen molar-refractivity contribution in [3.8, 4) is 0 Å². The third-order valence-corrected chi connectivity index (χ3v) is 2.83. The van der Waals surface area contributed by atoms with Gasteiger partial charge in [-0.15, -0.1) is 0 Å².